The van der Waals surface area contributed by atoms with Crippen molar-refractivity contribution in [2.75, 3.05) is 12.8 Å². The van der Waals surface area contributed by atoms with Crippen LogP contribution in [-0.2, 0) is 13.9 Å². The van der Waals surface area contributed by atoms with Crippen molar-refractivity contribution in [3.05, 3.63) is 0 Å². The molecule has 1 unspecified atom stereocenters. The molecule has 0 bridgehead atoms. The monoisotopic (exact) mass is 374 g/mol. The third kappa shape index (κ3) is 21.2. The molecule has 0 aromatic rings. The van der Waals surface area contributed by atoms with Crippen LogP contribution in [0.3, 0.4) is 0 Å². The van der Waals surface area contributed by atoms with E-state index in [0.29, 0.717) is 6.42 Å². The number of aliphatic carboxylic acids is 1. The number of rotatable bonds is 16. The average Bonchev–Trinajstić information content (AvgIpc) is 2.42. The van der Waals surface area contributed by atoms with Gasteiger partial charge in [-0.2, -0.15) is 0 Å². The van der Waals surface area contributed by atoms with Crippen molar-refractivity contribution in [3.8, 4) is 0 Å². The van der Waals surface area contributed by atoms with E-state index >= 15 is 0 Å². The van der Waals surface area contributed by atoms with Crippen molar-refractivity contribution < 1.29 is 75.3 Å². The molecule has 0 rings (SSSR count). The molecule has 23 heavy (non-hydrogen) atoms. The summed E-state index contributed by atoms with van der Waals surface area (Å²) in [5.74, 6) is -1.56. The van der Waals surface area contributed by atoms with E-state index in [-0.39, 0.29) is 58.0 Å². The van der Waals surface area contributed by atoms with E-state index in [1.54, 1.807) is 0 Å². The number of hydrogen-bond donors (Lipinski definition) is 1. The number of carboxylic acids is 1. The molecule has 7 heteroatoms. The Bertz CT molecular complexity index is 326. The number of hydrogen-bond acceptors (Lipinski definition) is 4. The molecule has 0 saturated carbocycles. The second-order valence-electron chi connectivity index (χ2n) is 5.89. The molecule has 0 aliphatic rings. The minimum absolute atomic E-state index is 0. The van der Waals surface area contributed by atoms with Crippen LogP contribution in [0.25, 0.3) is 0 Å². The Morgan fingerprint density at radius 1 is 0.913 bits per heavy atom. The standard InChI is InChI=1S/C16H33O5P.K/c1-2-3-4-5-6-7-8-9-10-11-12-13-14-21-22(19,20)15-16(17)18;/h2-15H2,1H3,(H,17,18)(H,19,20);/q;+1/p-1. The van der Waals surface area contributed by atoms with E-state index in [1.807, 2.05) is 0 Å². The Kier molecular flexibility index (Phi) is 20.8. The first-order chi connectivity index (χ1) is 10.5. The van der Waals surface area contributed by atoms with E-state index in [2.05, 4.69) is 6.92 Å². The Morgan fingerprint density at radius 3 is 1.70 bits per heavy atom. The first kappa shape index (κ1) is 26.5. The predicted octanol–water partition coefficient (Wildman–Crippen LogP) is 0.643. The molecule has 0 aliphatic carbocycles. The Hall–Kier alpha value is 1.26. The van der Waals surface area contributed by atoms with Gasteiger partial charge in [0.1, 0.15) is 0 Å². The molecular formula is C16H32KO5P. The number of carboxylic acid groups (broad SMARTS) is 1. The molecule has 5 nitrogen and oxygen atoms in total. The third-order valence-electron chi connectivity index (χ3n) is 3.62. The summed E-state index contributed by atoms with van der Waals surface area (Å²) >= 11 is 0. The van der Waals surface area contributed by atoms with Crippen LogP contribution in [0.1, 0.15) is 84.0 Å². The maximum absolute atomic E-state index is 11.2. The molecule has 0 radical (unpaired) electrons. The summed E-state index contributed by atoms with van der Waals surface area (Å²) < 4.78 is 16.0. The Labute approximate surface area is 183 Å². The van der Waals surface area contributed by atoms with E-state index in [0.717, 1.165) is 12.8 Å². The van der Waals surface area contributed by atoms with Crippen LogP contribution in [0.4, 0.5) is 0 Å². The van der Waals surface area contributed by atoms with Gasteiger partial charge in [-0.25, -0.2) is 0 Å². The molecule has 0 heterocycles. The fourth-order valence-electron chi connectivity index (χ4n) is 2.36. The second kappa shape index (κ2) is 18.1. The number of unbranched alkanes of at least 4 members (excludes halogenated alkanes) is 11. The molecule has 1 atom stereocenters. The summed E-state index contributed by atoms with van der Waals surface area (Å²) in [6.45, 7) is 2.37. The van der Waals surface area contributed by atoms with Crippen molar-refractivity contribution in [2.24, 2.45) is 0 Å². The van der Waals surface area contributed by atoms with E-state index < -0.39 is 19.7 Å². The van der Waals surface area contributed by atoms with E-state index in [4.69, 9.17) is 4.52 Å². The maximum atomic E-state index is 11.2. The molecule has 0 aromatic heterocycles. The van der Waals surface area contributed by atoms with Gasteiger partial charge >= 0.3 is 59.0 Å². The Morgan fingerprint density at radius 2 is 1.30 bits per heavy atom. The molecule has 0 aromatic carbocycles. The summed E-state index contributed by atoms with van der Waals surface area (Å²) in [5, 5.41) is 10.2. The van der Waals surface area contributed by atoms with Crippen LogP contribution in [-0.4, -0.2) is 23.6 Å². The van der Waals surface area contributed by atoms with Crippen LogP contribution in [0, 0.1) is 0 Å². The smallest absolute Gasteiger partial charge is 0.549 e. The van der Waals surface area contributed by atoms with Crippen LogP contribution < -0.4 is 56.5 Å². The second-order valence-corrected chi connectivity index (χ2v) is 7.74. The van der Waals surface area contributed by atoms with Gasteiger partial charge in [-0.3, -0.25) is 4.57 Å². The predicted molar refractivity (Wildman–Crippen MR) is 86.7 cm³/mol. The molecule has 0 saturated heterocycles. The summed E-state index contributed by atoms with van der Waals surface area (Å²) in [6.07, 6.45) is 13.6. The van der Waals surface area contributed by atoms with Crippen molar-refractivity contribution >= 4 is 13.6 Å². The van der Waals surface area contributed by atoms with Crippen molar-refractivity contribution in [1.82, 2.24) is 0 Å². The maximum Gasteiger partial charge on any atom is 1.00 e. The van der Waals surface area contributed by atoms with Gasteiger partial charge < -0.3 is 19.3 Å². The van der Waals surface area contributed by atoms with Gasteiger partial charge in [0.2, 0.25) is 0 Å². The largest absolute Gasteiger partial charge is 1.00 e. The molecule has 0 fully saturated rings. The Balaban J connectivity index is 0. The van der Waals surface area contributed by atoms with Crippen LogP contribution in [0.2, 0.25) is 0 Å². The molecule has 0 spiro atoms. The molecular weight excluding hydrogens is 342 g/mol. The molecule has 0 amide bonds. The summed E-state index contributed by atoms with van der Waals surface area (Å²) in [7, 11) is -3.99. The summed E-state index contributed by atoms with van der Waals surface area (Å²) in [6, 6.07) is 0. The van der Waals surface area contributed by atoms with Crippen LogP contribution in [0.5, 0.6) is 0 Å². The SMILES string of the molecule is CCCCCCCCCCCCCCOP(=O)(O)CC(=O)[O-].[K+]. The quantitative estimate of drug-likeness (QED) is 0.243. The van der Waals surface area contributed by atoms with Gasteiger partial charge in [0.05, 0.1) is 18.7 Å². The zero-order valence-electron chi connectivity index (χ0n) is 14.9. The number of carbonyl (C=O) groups excluding carboxylic acids is 1. The minimum atomic E-state index is -3.99. The van der Waals surface area contributed by atoms with E-state index in [9.17, 15) is 19.4 Å². The molecule has 0 aliphatic heterocycles. The minimum Gasteiger partial charge on any atom is -0.549 e. The number of carbonyl (C=O) groups is 1. The van der Waals surface area contributed by atoms with Crippen molar-refractivity contribution in [3.63, 3.8) is 0 Å². The fourth-order valence-corrected chi connectivity index (χ4v) is 3.19. The van der Waals surface area contributed by atoms with E-state index in [1.165, 1.54) is 57.8 Å². The average molecular weight is 374 g/mol. The first-order valence-electron chi connectivity index (χ1n) is 8.64. The summed E-state index contributed by atoms with van der Waals surface area (Å²) in [4.78, 5) is 19.4. The van der Waals surface area contributed by atoms with Crippen molar-refractivity contribution in [2.45, 2.75) is 84.0 Å². The van der Waals surface area contributed by atoms with Gasteiger partial charge in [0.25, 0.3) is 0 Å². The zero-order valence-corrected chi connectivity index (χ0v) is 18.9. The van der Waals surface area contributed by atoms with Gasteiger partial charge in [0.15, 0.2) is 0 Å². The van der Waals surface area contributed by atoms with Crippen molar-refractivity contribution in [1.29, 1.82) is 0 Å². The van der Waals surface area contributed by atoms with Gasteiger partial charge in [-0.1, -0.05) is 77.6 Å². The zero-order chi connectivity index (χ0) is 16.7. The topological polar surface area (TPSA) is 86.7 Å². The van der Waals surface area contributed by atoms with Gasteiger partial charge in [-0.15, -0.1) is 0 Å². The fraction of sp³-hybridized carbons (Fsp3) is 0.938. The summed E-state index contributed by atoms with van der Waals surface area (Å²) in [5.41, 5.74) is 0. The third-order valence-corrected chi connectivity index (χ3v) is 4.86. The molecule has 1 N–H and O–H groups in total. The van der Waals surface area contributed by atoms with Crippen LogP contribution >= 0.6 is 7.60 Å². The molecule has 132 valence electrons. The van der Waals surface area contributed by atoms with Crippen LogP contribution in [0.15, 0.2) is 0 Å². The van der Waals surface area contributed by atoms with Gasteiger partial charge in [0, 0.05) is 0 Å². The normalized spacial score (nSPS) is 13.3. The first-order valence-corrected chi connectivity index (χ1v) is 10.4. The van der Waals surface area contributed by atoms with Gasteiger partial charge in [-0.05, 0) is 6.42 Å².